The van der Waals surface area contributed by atoms with Gasteiger partial charge in [-0.15, -0.1) is 0 Å². The van der Waals surface area contributed by atoms with E-state index in [1.807, 2.05) is 0 Å². The molecule has 0 amide bonds. The highest BCUT2D eigenvalue weighted by molar-refractivity contribution is 5.84. The normalized spacial score (nSPS) is 10.4. The summed E-state index contributed by atoms with van der Waals surface area (Å²) in [6, 6.07) is 16.2. The monoisotopic (exact) mass is 458 g/mol. The Bertz CT molecular complexity index is 1500. The lowest BCUT2D eigenvalue weighted by Gasteiger charge is -2.02. The minimum atomic E-state index is -0.942. The highest BCUT2D eigenvalue weighted by Gasteiger charge is 2.05. The van der Waals surface area contributed by atoms with Gasteiger partial charge in [0.05, 0.1) is 17.7 Å². The summed E-state index contributed by atoms with van der Waals surface area (Å²) in [7, 11) is 1.58. The molecule has 0 aliphatic heterocycles. The molecule has 0 radical (unpaired) electrons. The maximum absolute atomic E-state index is 14.5. The van der Waals surface area contributed by atoms with Gasteiger partial charge in [0.1, 0.15) is 11.6 Å². The van der Waals surface area contributed by atoms with E-state index in [2.05, 4.69) is 23.7 Å². The summed E-state index contributed by atoms with van der Waals surface area (Å²) in [6.45, 7) is 0.498. The zero-order valence-corrected chi connectivity index (χ0v) is 18.2. The van der Waals surface area contributed by atoms with Crippen molar-refractivity contribution >= 4 is 10.8 Å². The molecule has 0 aromatic heterocycles. The highest BCUT2D eigenvalue weighted by Crippen LogP contribution is 2.20. The van der Waals surface area contributed by atoms with Crippen LogP contribution in [-0.4, -0.2) is 13.7 Å². The number of methoxy groups -OCH3 is 1. The number of hydrogen-bond donors (Lipinski definition) is 0. The summed E-state index contributed by atoms with van der Waals surface area (Å²) < 4.78 is 60.6. The van der Waals surface area contributed by atoms with Crippen LogP contribution in [0, 0.1) is 47.0 Å². The minimum absolute atomic E-state index is 0.157. The molecule has 0 N–H and O–H groups in total. The van der Waals surface area contributed by atoms with Crippen molar-refractivity contribution in [1.29, 1.82) is 0 Å². The first-order valence-corrected chi connectivity index (χ1v) is 10.4. The fourth-order valence-corrected chi connectivity index (χ4v) is 3.33. The van der Waals surface area contributed by atoms with Crippen LogP contribution in [0.15, 0.2) is 66.7 Å². The number of ether oxygens (including phenoxy) is 1. The zero-order chi connectivity index (χ0) is 24.1. The van der Waals surface area contributed by atoms with Gasteiger partial charge in [-0.25, -0.2) is 17.6 Å². The Kier molecular flexibility index (Phi) is 6.97. The second kappa shape index (κ2) is 10.3. The number of fused-ring (bicyclic) bond motifs is 1. The third-order valence-electron chi connectivity index (χ3n) is 5.16. The molecule has 4 aromatic rings. The SMILES string of the molecule is COCCc1ccc(C#Cc2ccc(C#Cc3ccc4cc(F)c(F)cc4c3)c(F)c2)c(F)c1. The minimum Gasteiger partial charge on any atom is -0.384 e. The molecule has 168 valence electrons. The predicted octanol–water partition coefficient (Wildman–Crippen LogP) is 6.38. The maximum atomic E-state index is 14.5. The smallest absolute Gasteiger partial charge is 0.159 e. The first-order valence-electron chi connectivity index (χ1n) is 10.4. The molecule has 0 atom stereocenters. The molecular weight excluding hydrogens is 440 g/mol. The second-order valence-corrected chi connectivity index (χ2v) is 7.58. The van der Waals surface area contributed by atoms with Crippen molar-refractivity contribution < 1.29 is 22.3 Å². The van der Waals surface area contributed by atoms with Gasteiger partial charge in [0, 0.05) is 18.2 Å². The van der Waals surface area contributed by atoms with Gasteiger partial charge in [0.15, 0.2) is 11.6 Å². The van der Waals surface area contributed by atoms with Crippen LogP contribution >= 0.6 is 0 Å². The van der Waals surface area contributed by atoms with E-state index in [-0.39, 0.29) is 11.1 Å². The summed E-state index contributed by atoms with van der Waals surface area (Å²) in [5.41, 5.74) is 2.10. The lowest BCUT2D eigenvalue weighted by atomic mass is 10.1. The standard InChI is InChI=1S/C29H18F4O/c1-34-13-12-21-5-10-23(27(31)16-21)9-4-20-3-8-22(26(30)15-20)7-2-19-6-11-24-17-28(32)29(33)18-25(24)14-19/h3,5-6,8,10-11,14-18H,12-13H2,1H3. The van der Waals surface area contributed by atoms with E-state index in [0.717, 1.165) is 17.7 Å². The van der Waals surface area contributed by atoms with Gasteiger partial charge >= 0.3 is 0 Å². The molecule has 0 saturated carbocycles. The maximum Gasteiger partial charge on any atom is 0.159 e. The van der Waals surface area contributed by atoms with Gasteiger partial charge in [-0.1, -0.05) is 35.8 Å². The second-order valence-electron chi connectivity index (χ2n) is 7.58. The van der Waals surface area contributed by atoms with Crippen molar-refractivity contribution in [3.05, 3.63) is 118 Å². The lowest BCUT2D eigenvalue weighted by Crippen LogP contribution is -1.96. The summed E-state index contributed by atoms with van der Waals surface area (Å²) in [4.78, 5) is 0. The van der Waals surface area contributed by atoms with Crippen LogP contribution < -0.4 is 0 Å². The first kappa shape index (κ1) is 23.1. The van der Waals surface area contributed by atoms with E-state index in [1.54, 1.807) is 43.5 Å². The van der Waals surface area contributed by atoms with Crippen molar-refractivity contribution in [3.63, 3.8) is 0 Å². The topological polar surface area (TPSA) is 9.23 Å². The van der Waals surface area contributed by atoms with E-state index in [9.17, 15) is 17.6 Å². The molecule has 0 bridgehead atoms. The van der Waals surface area contributed by atoms with Crippen LogP contribution in [0.2, 0.25) is 0 Å². The summed E-state index contributed by atoms with van der Waals surface area (Å²) in [5.74, 6) is 8.20. The molecule has 34 heavy (non-hydrogen) atoms. The molecule has 0 aliphatic rings. The van der Waals surface area contributed by atoms with Crippen molar-refractivity contribution in [1.82, 2.24) is 0 Å². The number of hydrogen-bond acceptors (Lipinski definition) is 1. The molecule has 5 heteroatoms. The van der Waals surface area contributed by atoms with Crippen molar-refractivity contribution in [2.45, 2.75) is 6.42 Å². The summed E-state index contributed by atoms with van der Waals surface area (Å²) >= 11 is 0. The molecule has 0 unspecified atom stereocenters. The van der Waals surface area contributed by atoms with E-state index < -0.39 is 23.3 Å². The van der Waals surface area contributed by atoms with Gasteiger partial charge in [-0.2, -0.15) is 0 Å². The molecule has 0 heterocycles. The fourth-order valence-electron chi connectivity index (χ4n) is 3.33. The van der Waals surface area contributed by atoms with E-state index in [1.165, 1.54) is 18.2 Å². The van der Waals surface area contributed by atoms with Crippen LogP contribution in [0.5, 0.6) is 0 Å². The molecule has 0 aliphatic carbocycles. The van der Waals surface area contributed by atoms with Crippen LogP contribution in [0.1, 0.15) is 27.8 Å². The Labute approximate surface area is 195 Å². The zero-order valence-electron chi connectivity index (χ0n) is 18.2. The Morgan fingerprint density at radius 3 is 1.82 bits per heavy atom. The third kappa shape index (κ3) is 5.46. The quantitative estimate of drug-likeness (QED) is 0.256. The Morgan fingerprint density at radius 2 is 1.18 bits per heavy atom. The Balaban J connectivity index is 1.53. The molecule has 4 aromatic carbocycles. The van der Waals surface area contributed by atoms with Gasteiger partial charge in [0.25, 0.3) is 0 Å². The molecule has 1 nitrogen and oxygen atoms in total. The van der Waals surface area contributed by atoms with Crippen LogP contribution in [0.3, 0.4) is 0 Å². The van der Waals surface area contributed by atoms with Crippen molar-refractivity contribution in [2.75, 3.05) is 13.7 Å². The highest BCUT2D eigenvalue weighted by atomic mass is 19.2. The van der Waals surface area contributed by atoms with Crippen molar-refractivity contribution in [3.8, 4) is 23.7 Å². The van der Waals surface area contributed by atoms with E-state index in [4.69, 9.17) is 4.74 Å². The van der Waals surface area contributed by atoms with Crippen molar-refractivity contribution in [2.24, 2.45) is 0 Å². The molecule has 4 rings (SSSR count). The Morgan fingerprint density at radius 1 is 0.588 bits per heavy atom. The van der Waals surface area contributed by atoms with Gasteiger partial charge in [0.2, 0.25) is 0 Å². The van der Waals surface area contributed by atoms with E-state index in [0.29, 0.717) is 34.9 Å². The summed E-state index contributed by atoms with van der Waals surface area (Å²) in [5, 5.41) is 1.04. The number of benzene rings is 4. The lowest BCUT2D eigenvalue weighted by molar-refractivity contribution is 0.202. The van der Waals surface area contributed by atoms with Gasteiger partial charge < -0.3 is 4.74 Å². The average Bonchev–Trinajstić information content (AvgIpc) is 2.82. The number of halogens is 4. The van der Waals surface area contributed by atoms with E-state index >= 15 is 0 Å². The summed E-state index contributed by atoms with van der Waals surface area (Å²) in [6.07, 6.45) is 0.601. The number of rotatable bonds is 3. The fraction of sp³-hybridized carbons (Fsp3) is 0.103. The predicted molar refractivity (Wildman–Crippen MR) is 124 cm³/mol. The average molecular weight is 458 g/mol. The van der Waals surface area contributed by atoms with Crippen LogP contribution in [0.4, 0.5) is 17.6 Å². The third-order valence-corrected chi connectivity index (χ3v) is 5.16. The van der Waals surface area contributed by atoms with Crippen LogP contribution in [0.25, 0.3) is 10.8 Å². The van der Waals surface area contributed by atoms with Gasteiger partial charge in [-0.05, 0) is 77.4 Å². The molecule has 0 fully saturated rings. The first-order chi connectivity index (χ1) is 16.4. The molecule has 0 saturated heterocycles. The van der Waals surface area contributed by atoms with Gasteiger partial charge in [-0.3, -0.25) is 0 Å². The van der Waals surface area contributed by atoms with Crippen LogP contribution in [-0.2, 0) is 11.2 Å². The Hall–Kier alpha value is -4.06. The molecule has 0 spiro atoms. The largest absolute Gasteiger partial charge is 0.384 e. The molecular formula is C29H18F4O.